The fraction of sp³-hybridized carbons (Fsp3) is 0.571. The molecule has 0 amide bonds. The smallest absolute Gasteiger partial charge is 0.423 e. The zero-order valence-electron chi connectivity index (χ0n) is 12.8. The molecule has 136 valence electrons. The van der Waals surface area contributed by atoms with Crippen LogP contribution in [0.2, 0.25) is 0 Å². The summed E-state index contributed by atoms with van der Waals surface area (Å²) in [7, 11) is -2.01. The summed E-state index contributed by atoms with van der Waals surface area (Å²) in [4.78, 5) is 0. The van der Waals surface area contributed by atoms with Crippen molar-refractivity contribution in [2.75, 3.05) is 6.61 Å². The highest BCUT2D eigenvalue weighted by Crippen LogP contribution is 2.34. The third kappa shape index (κ3) is 6.33. The van der Waals surface area contributed by atoms with Gasteiger partial charge in [-0.05, 0) is 17.9 Å². The minimum absolute atomic E-state index is 0.0354. The van der Waals surface area contributed by atoms with Gasteiger partial charge >= 0.3 is 19.5 Å². The SMILES string of the molecule is CCCCC(O)COB(O)c1cc(C(F)(F)F)cc(C(F)(F)F)c1. The van der Waals surface area contributed by atoms with Crippen molar-refractivity contribution in [3.63, 3.8) is 0 Å². The highest BCUT2D eigenvalue weighted by atomic mass is 19.4. The lowest BCUT2D eigenvalue weighted by molar-refractivity contribution is -0.142. The van der Waals surface area contributed by atoms with Crippen molar-refractivity contribution >= 4 is 12.6 Å². The highest BCUT2D eigenvalue weighted by Gasteiger charge is 2.38. The van der Waals surface area contributed by atoms with Crippen LogP contribution in [-0.2, 0) is 17.0 Å². The van der Waals surface area contributed by atoms with Crippen LogP contribution in [0, 0.1) is 0 Å². The van der Waals surface area contributed by atoms with Crippen LogP contribution in [0.3, 0.4) is 0 Å². The molecule has 24 heavy (non-hydrogen) atoms. The van der Waals surface area contributed by atoms with Crippen LogP contribution in [0.25, 0.3) is 0 Å². The molecule has 0 saturated heterocycles. The van der Waals surface area contributed by atoms with Gasteiger partial charge in [0.05, 0.1) is 23.8 Å². The van der Waals surface area contributed by atoms with E-state index in [2.05, 4.69) is 0 Å². The number of benzene rings is 1. The molecule has 1 aromatic carbocycles. The molecule has 1 aromatic rings. The quantitative estimate of drug-likeness (QED) is 0.582. The van der Waals surface area contributed by atoms with E-state index in [-0.39, 0.29) is 6.07 Å². The topological polar surface area (TPSA) is 49.7 Å². The number of hydrogen-bond donors (Lipinski definition) is 2. The predicted molar refractivity (Wildman–Crippen MR) is 75.5 cm³/mol. The van der Waals surface area contributed by atoms with Crippen molar-refractivity contribution in [3.05, 3.63) is 29.3 Å². The van der Waals surface area contributed by atoms with Gasteiger partial charge < -0.3 is 14.8 Å². The van der Waals surface area contributed by atoms with Crippen LogP contribution >= 0.6 is 0 Å². The van der Waals surface area contributed by atoms with Crippen LogP contribution in [0.4, 0.5) is 26.3 Å². The molecule has 0 spiro atoms. The fourth-order valence-electron chi connectivity index (χ4n) is 1.94. The number of aliphatic hydroxyl groups excluding tert-OH is 1. The molecule has 0 bridgehead atoms. The minimum atomic E-state index is -5.00. The zero-order chi connectivity index (χ0) is 18.5. The van der Waals surface area contributed by atoms with Crippen molar-refractivity contribution in [2.45, 2.75) is 44.6 Å². The van der Waals surface area contributed by atoms with Crippen LogP contribution in [0.5, 0.6) is 0 Å². The molecule has 2 N–H and O–H groups in total. The molecule has 1 unspecified atom stereocenters. The van der Waals surface area contributed by atoms with E-state index in [0.29, 0.717) is 25.0 Å². The first-order valence-electron chi connectivity index (χ1n) is 7.22. The second-order valence-electron chi connectivity index (χ2n) is 5.32. The molecule has 0 saturated carbocycles. The molecule has 0 aromatic heterocycles. The summed E-state index contributed by atoms with van der Waals surface area (Å²) in [5.74, 6) is 0. The maximum absolute atomic E-state index is 12.7. The summed E-state index contributed by atoms with van der Waals surface area (Å²) in [5, 5.41) is 19.3. The van der Waals surface area contributed by atoms with Crippen LogP contribution in [-0.4, -0.2) is 30.0 Å². The number of unbranched alkanes of at least 4 members (excludes halogenated alkanes) is 1. The van der Waals surface area contributed by atoms with Crippen molar-refractivity contribution < 1.29 is 41.1 Å². The molecule has 0 aliphatic heterocycles. The van der Waals surface area contributed by atoms with E-state index in [1.54, 1.807) is 0 Å². The lowest BCUT2D eigenvalue weighted by Gasteiger charge is -2.17. The average Bonchev–Trinajstić information content (AvgIpc) is 2.48. The molecule has 10 heteroatoms. The second kappa shape index (κ2) is 8.22. The van der Waals surface area contributed by atoms with E-state index in [0.717, 1.165) is 6.42 Å². The molecule has 0 heterocycles. The van der Waals surface area contributed by atoms with Crippen LogP contribution in [0.15, 0.2) is 18.2 Å². The summed E-state index contributed by atoms with van der Waals surface area (Å²) >= 11 is 0. The van der Waals surface area contributed by atoms with Gasteiger partial charge in [0.25, 0.3) is 0 Å². The summed E-state index contributed by atoms with van der Waals surface area (Å²) in [6.45, 7) is 1.47. The molecule has 3 nitrogen and oxygen atoms in total. The van der Waals surface area contributed by atoms with Crippen molar-refractivity contribution in [1.82, 2.24) is 0 Å². The van der Waals surface area contributed by atoms with E-state index in [4.69, 9.17) is 4.65 Å². The van der Waals surface area contributed by atoms with E-state index >= 15 is 0 Å². The lowest BCUT2D eigenvalue weighted by Crippen LogP contribution is -2.37. The lowest BCUT2D eigenvalue weighted by atomic mass is 9.77. The zero-order valence-corrected chi connectivity index (χ0v) is 12.8. The van der Waals surface area contributed by atoms with Gasteiger partial charge in [-0.1, -0.05) is 31.9 Å². The number of rotatable bonds is 7. The molecule has 0 aliphatic rings. The van der Waals surface area contributed by atoms with Gasteiger partial charge in [-0.3, -0.25) is 0 Å². The van der Waals surface area contributed by atoms with Crippen molar-refractivity contribution in [3.8, 4) is 0 Å². The van der Waals surface area contributed by atoms with E-state index < -0.39 is 48.8 Å². The van der Waals surface area contributed by atoms with E-state index in [9.17, 15) is 36.5 Å². The maximum Gasteiger partial charge on any atom is 0.491 e. The highest BCUT2D eigenvalue weighted by molar-refractivity contribution is 6.60. The fourth-order valence-corrected chi connectivity index (χ4v) is 1.94. The van der Waals surface area contributed by atoms with Gasteiger partial charge in [-0.2, -0.15) is 26.3 Å². The number of halogens is 6. The molecular formula is C14H17BF6O3. The Bertz CT molecular complexity index is 500. The summed E-state index contributed by atoms with van der Waals surface area (Å²) in [5.41, 5.74) is -3.76. The van der Waals surface area contributed by atoms with Crippen LogP contribution < -0.4 is 5.46 Å². The Labute approximate surface area is 135 Å². The van der Waals surface area contributed by atoms with Crippen molar-refractivity contribution in [2.24, 2.45) is 0 Å². The van der Waals surface area contributed by atoms with Gasteiger partial charge in [0.2, 0.25) is 0 Å². The Morgan fingerprint density at radius 3 is 1.96 bits per heavy atom. The molecular weight excluding hydrogens is 341 g/mol. The summed E-state index contributed by atoms with van der Waals surface area (Å²) in [6, 6.07) is 0.739. The van der Waals surface area contributed by atoms with Crippen molar-refractivity contribution in [1.29, 1.82) is 0 Å². The third-order valence-corrected chi connectivity index (χ3v) is 3.23. The van der Waals surface area contributed by atoms with E-state index in [1.807, 2.05) is 6.92 Å². The first-order valence-corrected chi connectivity index (χ1v) is 7.22. The first kappa shape index (κ1) is 20.8. The summed E-state index contributed by atoms with van der Waals surface area (Å²) < 4.78 is 81.1. The van der Waals surface area contributed by atoms with Gasteiger partial charge in [0.1, 0.15) is 0 Å². The average molecular weight is 358 g/mol. The Morgan fingerprint density at radius 1 is 1.04 bits per heavy atom. The Kier molecular flexibility index (Phi) is 7.12. The second-order valence-corrected chi connectivity index (χ2v) is 5.32. The first-order chi connectivity index (χ1) is 10.9. The monoisotopic (exact) mass is 358 g/mol. The van der Waals surface area contributed by atoms with Gasteiger partial charge in [-0.25, -0.2) is 0 Å². The van der Waals surface area contributed by atoms with Gasteiger partial charge in [-0.15, -0.1) is 0 Å². The van der Waals surface area contributed by atoms with Gasteiger partial charge in [0, 0.05) is 0 Å². The third-order valence-electron chi connectivity index (χ3n) is 3.23. The molecule has 0 aliphatic carbocycles. The Balaban J connectivity index is 2.96. The number of alkyl halides is 6. The minimum Gasteiger partial charge on any atom is -0.423 e. The molecule has 0 radical (unpaired) electrons. The van der Waals surface area contributed by atoms with Gasteiger partial charge in [0.15, 0.2) is 0 Å². The van der Waals surface area contributed by atoms with E-state index in [1.165, 1.54) is 0 Å². The number of hydrogen-bond acceptors (Lipinski definition) is 3. The van der Waals surface area contributed by atoms with Crippen LogP contribution in [0.1, 0.15) is 37.3 Å². The Morgan fingerprint density at radius 2 is 1.54 bits per heavy atom. The molecule has 0 fully saturated rings. The predicted octanol–water partition coefficient (Wildman–Crippen LogP) is 2.98. The standard InChI is InChI=1S/C14H17BF6O3/c1-2-3-4-12(22)8-24-15(23)11-6-9(13(16,17)18)5-10(7-11)14(19,20)21/h5-7,12,22-23H,2-4,8H2,1H3. The normalized spacial score (nSPS) is 13.9. The number of aliphatic hydroxyl groups is 1. The molecule has 1 rings (SSSR count). The molecule has 1 atom stereocenters. The maximum atomic E-state index is 12.7. The largest absolute Gasteiger partial charge is 0.491 e. The summed E-state index contributed by atoms with van der Waals surface area (Å²) in [6.07, 6.45) is -9.16. The Hall–Kier alpha value is -1.26.